The van der Waals surface area contributed by atoms with Crippen LogP contribution in [0, 0.1) is 0 Å². The van der Waals surface area contributed by atoms with Crippen molar-refractivity contribution in [2.24, 2.45) is 0 Å². The maximum atomic E-state index is 4.30. The number of fused-ring (bicyclic) bond motifs is 1. The molecule has 2 rings (SSSR count). The smallest absolute Gasteiger partial charge is 0.115 e. The third-order valence-electron chi connectivity index (χ3n) is 2.81. The molecule has 0 unspecified atom stereocenters. The Morgan fingerprint density at radius 2 is 2.14 bits per heavy atom. The van der Waals surface area contributed by atoms with Crippen LogP contribution < -0.4 is 0 Å². The van der Waals surface area contributed by atoms with Gasteiger partial charge in [0, 0.05) is 42.5 Å². The summed E-state index contributed by atoms with van der Waals surface area (Å²) in [5.41, 5.74) is 2.75. The molecule has 0 spiro atoms. The van der Waals surface area contributed by atoms with Gasteiger partial charge in [0.15, 0.2) is 0 Å². The number of nitrogens with zero attached hydrogens (tertiary/aromatic N) is 3. The summed E-state index contributed by atoms with van der Waals surface area (Å²) in [6.45, 7) is 8.85. The van der Waals surface area contributed by atoms with Crippen LogP contribution in [0.15, 0.2) is 12.5 Å². The second kappa shape index (κ2) is 3.31. The minimum atomic E-state index is 0.244. The summed E-state index contributed by atoms with van der Waals surface area (Å²) in [7, 11) is 0. The fourth-order valence-corrected chi connectivity index (χ4v) is 1.84. The van der Waals surface area contributed by atoms with Crippen LogP contribution in [0.1, 0.15) is 32.0 Å². The summed E-state index contributed by atoms with van der Waals surface area (Å²) in [4.78, 5) is 10.8. The lowest BCUT2D eigenvalue weighted by molar-refractivity contribution is 0.119. The standard InChI is InChI=1S/C11H17N3/c1-11(2,3)14-5-4-10-9(7-14)6-12-8-13-10/h6,8H,4-5,7H2,1-3H3. The Labute approximate surface area is 85.2 Å². The second-order valence-corrected chi connectivity index (χ2v) is 4.84. The zero-order chi connectivity index (χ0) is 10.2. The average molecular weight is 191 g/mol. The van der Waals surface area contributed by atoms with Crippen molar-refractivity contribution in [3.63, 3.8) is 0 Å². The molecule has 0 radical (unpaired) electrons. The zero-order valence-corrected chi connectivity index (χ0v) is 9.12. The van der Waals surface area contributed by atoms with Gasteiger partial charge in [-0.2, -0.15) is 0 Å². The van der Waals surface area contributed by atoms with Gasteiger partial charge in [0.05, 0.1) is 0 Å². The highest BCUT2D eigenvalue weighted by Crippen LogP contribution is 2.22. The molecule has 0 N–H and O–H groups in total. The second-order valence-electron chi connectivity index (χ2n) is 4.84. The molecule has 3 heteroatoms. The van der Waals surface area contributed by atoms with Crippen LogP contribution >= 0.6 is 0 Å². The van der Waals surface area contributed by atoms with Gasteiger partial charge in [-0.1, -0.05) is 0 Å². The van der Waals surface area contributed by atoms with Crippen LogP contribution in [0.4, 0.5) is 0 Å². The Balaban J connectivity index is 2.22. The van der Waals surface area contributed by atoms with Gasteiger partial charge in [0.1, 0.15) is 6.33 Å². The van der Waals surface area contributed by atoms with E-state index < -0.39 is 0 Å². The van der Waals surface area contributed by atoms with Crippen molar-refractivity contribution in [1.29, 1.82) is 0 Å². The van der Waals surface area contributed by atoms with Gasteiger partial charge in [-0.25, -0.2) is 9.97 Å². The van der Waals surface area contributed by atoms with Gasteiger partial charge in [-0.05, 0) is 20.8 Å². The van der Waals surface area contributed by atoms with E-state index in [1.807, 2.05) is 6.20 Å². The van der Waals surface area contributed by atoms with Gasteiger partial charge >= 0.3 is 0 Å². The van der Waals surface area contributed by atoms with Crippen LogP contribution in [0.5, 0.6) is 0 Å². The number of rotatable bonds is 0. The van der Waals surface area contributed by atoms with Gasteiger partial charge in [-0.15, -0.1) is 0 Å². The molecule has 1 aromatic rings. The van der Waals surface area contributed by atoms with Crippen LogP contribution in [-0.2, 0) is 13.0 Å². The first kappa shape index (κ1) is 9.59. The predicted molar refractivity (Wildman–Crippen MR) is 55.9 cm³/mol. The Morgan fingerprint density at radius 1 is 1.36 bits per heavy atom. The Kier molecular flexibility index (Phi) is 2.27. The molecule has 0 bridgehead atoms. The Bertz CT molecular complexity index is 328. The lowest BCUT2D eigenvalue weighted by Crippen LogP contribution is -2.44. The summed E-state index contributed by atoms with van der Waals surface area (Å²) >= 11 is 0. The third-order valence-corrected chi connectivity index (χ3v) is 2.81. The third kappa shape index (κ3) is 1.77. The molecular weight excluding hydrogens is 174 g/mol. The molecule has 14 heavy (non-hydrogen) atoms. The maximum Gasteiger partial charge on any atom is 0.115 e. The van der Waals surface area contributed by atoms with Crippen LogP contribution in [0.3, 0.4) is 0 Å². The summed E-state index contributed by atoms with van der Waals surface area (Å²) in [6, 6.07) is 0. The predicted octanol–water partition coefficient (Wildman–Crippen LogP) is 1.63. The maximum absolute atomic E-state index is 4.30. The molecule has 0 atom stereocenters. The van der Waals surface area contributed by atoms with Crippen molar-refractivity contribution in [2.45, 2.75) is 39.3 Å². The van der Waals surface area contributed by atoms with Crippen LogP contribution in [-0.4, -0.2) is 27.0 Å². The van der Waals surface area contributed by atoms with Crippen molar-refractivity contribution in [1.82, 2.24) is 14.9 Å². The van der Waals surface area contributed by atoms with E-state index >= 15 is 0 Å². The van der Waals surface area contributed by atoms with Crippen molar-refractivity contribution in [3.05, 3.63) is 23.8 Å². The first-order valence-corrected chi connectivity index (χ1v) is 5.10. The number of hydrogen-bond donors (Lipinski definition) is 0. The van der Waals surface area contributed by atoms with Crippen molar-refractivity contribution < 1.29 is 0 Å². The Morgan fingerprint density at radius 3 is 2.86 bits per heavy atom. The molecule has 2 heterocycles. The molecule has 0 fully saturated rings. The van der Waals surface area contributed by atoms with Crippen LogP contribution in [0.2, 0.25) is 0 Å². The molecule has 1 aromatic heterocycles. The summed E-state index contributed by atoms with van der Waals surface area (Å²) in [6.07, 6.45) is 4.64. The normalized spacial score (nSPS) is 17.9. The van der Waals surface area contributed by atoms with Crippen molar-refractivity contribution in [3.8, 4) is 0 Å². The quantitative estimate of drug-likeness (QED) is 0.624. The van der Waals surface area contributed by atoms with Gasteiger partial charge in [0.25, 0.3) is 0 Å². The molecular formula is C11H17N3. The Hall–Kier alpha value is -0.960. The molecule has 1 aliphatic heterocycles. The molecule has 0 aromatic carbocycles. The van der Waals surface area contributed by atoms with E-state index in [2.05, 4.69) is 35.6 Å². The number of hydrogen-bond acceptors (Lipinski definition) is 3. The number of aromatic nitrogens is 2. The molecule has 3 nitrogen and oxygen atoms in total. The summed E-state index contributed by atoms with van der Waals surface area (Å²) in [5, 5.41) is 0. The fourth-order valence-electron chi connectivity index (χ4n) is 1.84. The minimum Gasteiger partial charge on any atom is -0.294 e. The van der Waals surface area contributed by atoms with Gasteiger partial charge in [-0.3, -0.25) is 4.90 Å². The van der Waals surface area contributed by atoms with Crippen molar-refractivity contribution >= 4 is 0 Å². The van der Waals surface area contributed by atoms with E-state index in [1.54, 1.807) is 6.33 Å². The SMILES string of the molecule is CC(C)(C)N1CCc2ncncc2C1. The van der Waals surface area contributed by atoms with Gasteiger partial charge in [0.2, 0.25) is 0 Å². The highest BCUT2D eigenvalue weighted by atomic mass is 15.2. The van der Waals surface area contributed by atoms with Crippen LogP contribution in [0.25, 0.3) is 0 Å². The van der Waals surface area contributed by atoms with E-state index in [-0.39, 0.29) is 5.54 Å². The fraction of sp³-hybridized carbons (Fsp3) is 0.636. The van der Waals surface area contributed by atoms with E-state index in [9.17, 15) is 0 Å². The highest BCUT2D eigenvalue weighted by Gasteiger charge is 2.25. The molecule has 0 aliphatic carbocycles. The van der Waals surface area contributed by atoms with E-state index in [1.165, 1.54) is 11.3 Å². The minimum absolute atomic E-state index is 0.244. The first-order valence-electron chi connectivity index (χ1n) is 5.10. The lowest BCUT2D eigenvalue weighted by Gasteiger charge is -2.38. The molecule has 1 aliphatic rings. The van der Waals surface area contributed by atoms with E-state index in [0.29, 0.717) is 0 Å². The van der Waals surface area contributed by atoms with Gasteiger partial charge < -0.3 is 0 Å². The van der Waals surface area contributed by atoms with E-state index in [0.717, 1.165) is 19.5 Å². The molecule has 76 valence electrons. The zero-order valence-electron chi connectivity index (χ0n) is 9.12. The lowest BCUT2D eigenvalue weighted by atomic mass is 9.99. The molecule has 0 saturated carbocycles. The average Bonchev–Trinajstić information content (AvgIpc) is 2.16. The summed E-state index contributed by atoms with van der Waals surface area (Å²) < 4.78 is 0. The van der Waals surface area contributed by atoms with E-state index in [4.69, 9.17) is 0 Å². The monoisotopic (exact) mass is 191 g/mol. The highest BCUT2D eigenvalue weighted by molar-refractivity contribution is 5.19. The topological polar surface area (TPSA) is 29.0 Å². The first-order chi connectivity index (χ1) is 6.57. The molecule has 0 amide bonds. The van der Waals surface area contributed by atoms with Crippen molar-refractivity contribution in [2.75, 3.05) is 6.54 Å². The molecule has 0 saturated heterocycles. The summed E-state index contributed by atoms with van der Waals surface area (Å²) in [5.74, 6) is 0. The largest absolute Gasteiger partial charge is 0.294 e.